The summed E-state index contributed by atoms with van der Waals surface area (Å²) in [6.45, 7) is 5.64. The molecule has 1 aliphatic rings. The third-order valence-corrected chi connectivity index (χ3v) is 7.31. The zero-order chi connectivity index (χ0) is 24.0. The maximum absolute atomic E-state index is 12.6. The molecule has 2 aromatic carbocycles. The molecule has 0 radical (unpaired) electrons. The Morgan fingerprint density at radius 3 is 2.38 bits per heavy atom. The Hall–Kier alpha value is -2.98. The number of carbonyl (C=O) groups excluding carboxylic acids is 1. The summed E-state index contributed by atoms with van der Waals surface area (Å²) in [5.41, 5.74) is 2.66. The molecule has 1 saturated heterocycles. The fourth-order valence-corrected chi connectivity index (χ4v) is 4.83. The van der Waals surface area contributed by atoms with Gasteiger partial charge in [-0.2, -0.15) is 0 Å². The van der Waals surface area contributed by atoms with Gasteiger partial charge >= 0.3 is 0 Å². The first-order chi connectivity index (χ1) is 16.4. The van der Waals surface area contributed by atoms with Crippen LogP contribution in [0.3, 0.4) is 0 Å². The number of nitrogens with one attached hydrogen (secondary N) is 2. The highest BCUT2D eigenvalue weighted by Gasteiger charge is 2.16. The van der Waals surface area contributed by atoms with Gasteiger partial charge in [0.15, 0.2) is 0 Å². The molecule has 3 aromatic rings. The minimum Gasteiger partial charge on any atom is -0.468 e. The Morgan fingerprint density at radius 2 is 1.68 bits per heavy atom. The Bertz CT molecular complexity index is 1190. The zero-order valence-electron chi connectivity index (χ0n) is 19.2. The first-order valence-electron chi connectivity index (χ1n) is 11.3. The molecule has 0 unspecified atom stereocenters. The summed E-state index contributed by atoms with van der Waals surface area (Å²) in [6, 6.07) is 17.5. The Balaban J connectivity index is 1.30. The predicted molar refractivity (Wildman–Crippen MR) is 130 cm³/mol. The fourth-order valence-electron chi connectivity index (χ4n) is 3.83. The summed E-state index contributed by atoms with van der Waals surface area (Å²) in [5, 5.41) is 2.92. The number of furan rings is 1. The summed E-state index contributed by atoms with van der Waals surface area (Å²) in [6.07, 6.45) is 1.49. The second-order valence-corrected chi connectivity index (χ2v) is 10.3. The van der Waals surface area contributed by atoms with E-state index in [9.17, 15) is 13.2 Å². The van der Waals surface area contributed by atoms with Crippen LogP contribution in [0.1, 0.15) is 27.2 Å². The lowest BCUT2D eigenvalue weighted by molar-refractivity contribution is 0.0950. The van der Waals surface area contributed by atoms with Gasteiger partial charge in [0, 0.05) is 44.8 Å². The minimum absolute atomic E-state index is 0.0610. The van der Waals surface area contributed by atoms with E-state index in [0.717, 1.165) is 38.3 Å². The van der Waals surface area contributed by atoms with Gasteiger partial charge in [0.05, 0.1) is 17.7 Å². The molecule has 0 bridgehead atoms. The van der Waals surface area contributed by atoms with Gasteiger partial charge in [-0.1, -0.05) is 24.3 Å². The van der Waals surface area contributed by atoms with Gasteiger partial charge in [-0.05, 0) is 54.6 Å². The van der Waals surface area contributed by atoms with Crippen LogP contribution in [0.15, 0.2) is 76.2 Å². The predicted octanol–water partition coefficient (Wildman–Crippen LogP) is 2.44. The first kappa shape index (κ1) is 24.2. The van der Waals surface area contributed by atoms with Crippen molar-refractivity contribution in [2.24, 2.45) is 0 Å². The summed E-state index contributed by atoms with van der Waals surface area (Å²) in [5.74, 6) is 0.268. The largest absolute Gasteiger partial charge is 0.468 e. The molecule has 2 N–H and O–H groups in total. The molecule has 8 nitrogen and oxygen atoms in total. The van der Waals surface area contributed by atoms with E-state index in [0.29, 0.717) is 17.9 Å². The molecular formula is C25H30N4O4S. The minimum atomic E-state index is -3.70. The number of rotatable bonds is 9. The van der Waals surface area contributed by atoms with Crippen molar-refractivity contribution in [1.29, 1.82) is 0 Å². The van der Waals surface area contributed by atoms with Crippen LogP contribution in [-0.2, 0) is 29.7 Å². The quantitative estimate of drug-likeness (QED) is 0.487. The second kappa shape index (κ2) is 11.0. The lowest BCUT2D eigenvalue weighted by Gasteiger charge is -2.32. The number of amides is 1. The van der Waals surface area contributed by atoms with Crippen molar-refractivity contribution in [3.05, 3.63) is 89.4 Å². The molecule has 1 amide bonds. The van der Waals surface area contributed by atoms with Crippen molar-refractivity contribution in [3.63, 3.8) is 0 Å². The van der Waals surface area contributed by atoms with Crippen LogP contribution < -0.4 is 10.0 Å². The van der Waals surface area contributed by atoms with Crippen molar-refractivity contribution in [3.8, 4) is 0 Å². The molecule has 0 saturated carbocycles. The normalized spacial score (nSPS) is 15.3. The maximum Gasteiger partial charge on any atom is 0.251 e. The lowest BCUT2D eigenvalue weighted by Crippen LogP contribution is -2.43. The van der Waals surface area contributed by atoms with E-state index >= 15 is 0 Å². The van der Waals surface area contributed by atoms with Crippen LogP contribution in [0.4, 0.5) is 0 Å². The highest BCUT2D eigenvalue weighted by molar-refractivity contribution is 7.89. The standard InChI is InChI=1S/C25H30N4O4S/c1-28-11-13-29(14-12-28)19-21-5-2-4-20(16-21)17-26-25(30)22-7-9-24(10-8-22)34(31,32)27-18-23-6-3-15-33-23/h2-10,15-16,27H,11-14,17-19H2,1H3,(H,26,30). The van der Waals surface area contributed by atoms with Crippen LogP contribution >= 0.6 is 0 Å². The zero-order valence-corrected chi connectivity index (χ0v) is 20.1. The number of likely N-dealkylation sites (N-methyl/N-ethyl adjacent to an activating group) is 1. The Labute approximate surface area is 200 Å². The summed E-state index contributed by atoms with van der Waals surface area (Å²) >= 11 is 0. The van der Waals surface area contributed by atoms with Crippen LogP contribution in [0.25, 0.3) is 0 Å². The van der Waals surface area contributed by atoms with Crippen molar-refractivity contribution >= 4 is 15.9 Å². The molecule has 0 spiro atoms. The Kier molecular flexibility index (Phi) is 7.79. The van der Waals surface area contributed by atoms with E-state index in [1.807, 2.05) is 12.1 Å². The molecule has 0 aliphatic carbocycles. The van der Waals surface area contributed by atoms with E-state index in [1.165, 1.54) is 36.1 Å². The summed E-state index contributed by atoms with van der Waals surface area (Å²) in [4.78, 5) is 17.5. The number of hydrogen-bond acceptors (Lipinski definition) is 6. The second-order valence-electron chi connectivity index (χ2n) is 8.51. The number of sulfonamides is 1. The molecule has 1 aliphatic heterocycles. The van der Waals surface area contributed by atoms with Gasteiger partial charge in [0.2, 0.25) is 10.0 Å². The van der Waals surface area contributed by atoms with E-state index in [1.54, 1.807) is 12.1 Å². The Morgan fingerprint density at radius 1 is 0.941 bits per heavy atom. The number of hydrogen-bond donors (Lipinski definition) is 2. The van der Waals surface area contributed by atoms with Gasteiger partial charge < -0.3 is 14.6 Å². The SMILES string of the molecule is CN1CCN(Cc2cccc(CNC(=O)c3ccc(S(=O)(=O)NCc4ccco4)cc3)c2)CC1. The van der Waals surface area contributed by atoms with Gasteiger partial charge in [0.25, 0.3) is 5.91 Å². The third kappa shape index (κ3) is 6.54. The number of benzene rings is 2. The average molecular weight is 483 g/mol. The smallest absolute Gasteiger partial charge is 0.251 e. The summed E-state index contributed by atoms with van der Waals surface area (Å²) in [7, 11) is -1.56. The van der Waals surface area contributed by atoms with Crippen molar-refractivity contribution in [2.45, 2.75) is 24.5 Å². The maximum atomic E-state index is 12.6. The van der Waals surface area contributed by atoms with Crippen LogP contribution in [0.2, 0.25) is 0 Å². The van der Waals surface area contributed by atoms with E-state index in [2.05, 4.69) is 39.0 Å². The molecule has 1 aromatic heterocycles. The molecule has 9 heteroatoms. The molecular weight excluding hydrogens is 452 g/mol. The van der Waals surface area contributed by atoms with E-state index in [4.69, 9.17) is 4.42 Å². The van der Waals surface area contributed by atoms with E-state index in [-0.39, 0.29) is 17.3 Å². The van der Waals surface area contributed by atoms with E-state index < -0.39 is 10.0 Å². The monoisotopic (exact) mass is 482 g/mol. The third-order valence-electron chi connectivity index (χ3n) is 5.89. The fraction of sp³-hybridized carbons (Fsp3) is 0.320. The number of nitrogens with zero attached hydrogens (tertiary/aromatic N) is 2. The van der Waals surface area contributed by atoms with Gasteiger partial charge in [-0.3, -0.25) is 9.69 Å². The van der Waals surface area contributed by atoms with Crippen LogP contribution in [-0.4, -0.2) is 57.4 Å². The van der Waals surface area contributed by atoms with Gasteiger partial charge in [0.1, 0.15) is 5.76 Å². The average Bonchev–Trinajstić information content (AvgIpc) is 3.37. The van der Waals surface area contributed by atoms with Gasteiger partial charge in [-0.15, -0.1) is 0 Å². The number of carbonyl (C=O) groups is 1. The summed E-state index contributed by atoms with van der Waals surface area (Å²) < 4.78 is 32.5. The molecule has 34 heavy (non-hydrogen) atoms. The molecule has 1 fully saturated rings. The van der Waals surface area contributed by atoms with Gasteiger partial charge in [-0.25, -0.2) is 13.1 Å². The topological polar surface area (TPSA) is 94.9 Å². The van der Waals surface area contributed by atoms with Crippen molar-refractivity contribution in [1.82, 2.24) is 19.8 Å². The molecule has 4 rings (SSSR count). The highest BCUT2D eigenvalue weighted by atomic mass is 32.2. The van der Waals surface area contributed by atoms with Crippen molar-refractivity contribution in [2.75, 3.05) is 33.2 Å². The molecule has 0 atom stereocenters. The molecule has 180 valence electrons. The van der Waals surface area contributed by atoms with Crippen molar-refractivity contribution < 1.29 is 17.6 Å². The lowest BCUT2D eigenvalue weighted by atomic mass is 10.1. The highest BCUT2D eigenvalue weighted by Crippen LogP contribution is 2.13. The number of piperazine rings is 1. The van der Waals surface area contributed by atoms with Crippen LogP contribution in [0.5, 0.6) is 0 Å². The molecule has 2 heterocycles. The van der Waals surface area contributed by atoms with Crippen LogP contribution in [0, 0.1) is 0 Å². The first-order valence-corrected chi connectivity index (χ1v) is 12.8.